The second-order valence-corrected chi connectivity index (χ2v) is 3.93. The molecule has 1 fully saturated rings. The van der Waals surface area contributed by atoms with Gasteiger partial charge in [-0.25, -0.2) is 0 Å². The fourth-order valence-corrected chi connectivity index (χ4v) is 1.74. The normalized spacial score (nSPS) is 16.9. The second-order valence-electron chi connectivity index (χ2n) is 3.22. The fraction of sp³-hybridized carbons (Fsp3) is 0.500. The number of likely N-dealkylation sites (tertiary alicyclic amines) is 1. The van der Waals surface area contributed by atoms with E-state index in [1.807, 2.05) is 0 Å². The summed E-state index contributed by atoms with van der Waals surface area (Å²) < 4.78 is 1.78. The number of rotatable bonds is 2. The molecule has 14 heavy (non-hydrogen) atoms. The minimum absolute atomic E-state index is 0.0267. The molecule has 4 nitrogen and oxygen atoms in total. The molecule has 76 valence electrons. The molecule has 1 aliphatic heterocycles. The Balaban J connectivity index is 1.92. The Hall–Kier alpha value is -0.740. The maximum atomic E-state index is 11.1. The predicted octanol–water partition coefficient (Wildman–Crippen LogP) is 1.16. The lowest BCUT2D eigenvalue weighted by Crippen LogP contribution is -2.51. The van der Waals surface area contributed by atoms with Gasteiger partial charge in [0.05, 0.1) is 17.3 Å². The van der Waals surface area contributed by atoms with Crippen molar-refractivity contribution in [2.45, 2.75) is 6.04 Å². The van der Waals surface area contributed by atoms with Gasteiger partial charge in [0.1, 0.15) is 5.88 Å². The van der Waals surface area contributed by atoms with E-state index in [4.69, 9.17) is 23.2 Å². The van der Waals surface area contributed by atoms with Gasteiger partial charge in [0, 0.05) is 19.3 Å². The molecule has 2 rings (SSSR count). The van der Waals surface area contributed by atoms with E-state index in [1.165, 1.54) is 0 Å². The first-order chi connectivity index (χ1) is 6.70. The average Bonchev–Trinajstić information content (AvgIpc) is 2.49. The van der Waals surface area contributed by atoms with Crippen LogP contribution in [0.1, 0.15) is 6.04 Å². The van der Waals surface area contributed by atoms with Gasteiger partial charge in [0.2, 0.25) is 5.91 Å². The number of halogens is 2. The highest BCUT2D eigenvalue weighted by molar-refractivity contribution is 6.30. The van der Waals surface area contributed by atoms with E-state index in [0.29, 0.717) is 18.1 Å². The Kier molecular flexibility index (Phi) is 2.65. The van der Waals surface area contributed by atoms with Gasteiger partial charge in [-0.15, -0.1) is 11.6 Å². The predicted molar refractivity (Wildman–Crippen MR) is 53.6 cm³/mol. The van der Waals surface area contributed by atoms with Crippen molar-refractivity contribution in [2.75, 3.05) is 19.0 Å². The molecule has 2 heterocycles. The molecule has 0 aliphatic carbocycles. The van der Waals surface area contributed by atoms with Crippen LogP contribution in [0, 0.1) is 0 Å². The van der Waals surface area contributed by atoms with Crippen LogP contribution in [0.4, 0.5) is 0 Å². The van der Waals surface area contributed by atoms with E-state index >= 15 is 0 Å². The first-order valence-electron chi connectivity index (χ1n) is 4.24. The molecule has 0 bridgehead atoms. The summed E-state index contributed by atoms with van der Waals surface area (Å²) in [5, 5.41) is 4.69. The van der Waals surface area contributed by atoms with Gasteiger partial charge < -0.3 is 4.90 Å². The number of carbonyl (C=O) groups excluding carboxylic acids is 1. The summed E-state index contributed by atoms with van der Waals surface area (Å²) >= 11 is 11.1. The van der Waals surface area contributed by atoms with Crippen LogP contribution in [0.3, 0.4) is 0 Å². The summed E-state index contributed by atoms with van der Waals surface area (Å²) in [6, 6.07) is 0.245. The molecule has 0 spiro atoms. The van der Waals surface area contributed by atoms with Crippen LogP contribution in [-0.4, -0.2) is 39.6 Å². The zero-order valence-electron chi connectivity index (χ0n) is 7.36. The maximum absolute atomic E-state index is 11.1. The van der Waals surface area contributed by atoms with Crippen LogP contribution in [-0.2, 0) is 4.79 Å². The van der Waals surface area contributed by atoms with Gasteiger partial charge in [-0.2, -0.15) is 5.10 Å². The van der Waals surface area contributed by atoms with E-state index in [0.717, 1.165) is 0 Å². The lowest BCUT2D eigenvalue weighted by atomic mass is 10.1. The molecule has 1 aromatic heterocycles. The molecule has 0 atom stereocenters. The minimum Gasteiger partial charge on any atom is -0.337 e. The molecule has 6 heteroatoms. The van der Waals surface area contributed by atoms with Gasteiger partial charge in [-0.05, 0) is 0 Å². The Morgan fingerprint density at radius 2 is 2.36 bits per heavy atom. The van der Waals surface area contributed by atoms with Crippen LogP contribution in [0.2, 0.25) is 5.02 Å². The van der Waals surface area contributed by atoms with Crippen molar-refractivity contribution >= 4 is 29.1 Å². The molecule has 0 N–H and O–H groups in total. The summed E-state index contributed by atoms with van der Waals surface area (Å²) in [4.78, 5) is 12.8. The quantitative estimate of drug-likeness (QED) is 0.720. The molecule has 0 aromatic carbocycles. The third-order valence-corrected chi connectivity index (χ3v) is 2.70. The summed E-state index contributed by atoms with van der Waals surface area (Å²) in [6.45, 7) is 1.34. The van der Waals surface area contributed by atoms with Crippen LogP contribution in [0.15, 0.2) is 12.4 Å². The Bertz CT molecular complexity index is 346. The molecular formula is C8H9Cl2N3O. The number of hydrogen-bond acceptors (Lipinski definition) is 2. The summed E-state index contributed by atoms with van der Waals surface area (Å²) in [6.07, 6.45) is 3.35. The largest absolute Gasteiger partial charge is 0.337 e. The third-order valence-electron chi connectivity index (χ3n) is 2.27. The van der Waals surface area contributed by atoms with Gasteiger partial charge in [0.15, 0.2) is 0 Å². The summed E-state index contributed by atoms with van der Waals surface area (Å²) in [5.41, 5.74) is 0. The highest BCUT2D eigenvalue weighted by Gasteiger charge is 2.31. The van der Waals surface area contributed by atoms with Crippen molar-refractivity contribution in [2.24, 2.45) is 0 Å². The number of aromatic nitrogens is 2. The van der Waals surface area contributed by atoms with Gasteiger partial charge in [0.25, 0.3) is 0 Å². The number of hydrogen-bond donors (Lipinski definition) is 0. The maximum Gasteiger partial charge on any atom is 0.237 e. The second kappa shape index (κ2) is 3.79. The number of alkyl halides is 1. The lowest BCUT2D eigenvalue weighted by molar-refractivity contribution is -0.134. The standard InChI is InChI=1S/C8H9Cl2N3O/c9-1-8(14)12-4-7(5-12)13-3-6(10)2-11-13/h2-3,7H,1,4-5H2. The smallest absolute Gasteiger partial charge is 0.237 e. The summed E-state index contributed by atoms with van der Waals surface area (Å²) in [5.74, 6) is 0.0215. The molecule has 1 amide bonds. The van der Waals surface area contributed by atoms with Crippen LogP contribution in [0.5, 0.6) is 0 Å². The van der Waals surface area contributed by atoms with Crippen LogP contribution >= 0.6 is 23.2 Å². The van der Waals surface area contributed by atoms with Gasteiger partial charge in [-0.1, -0.05) is 11.6 Å². The molecule has 1 aromatic rings. The number of amides is 1. The molecule has 1 aliphatic rings. The van der Waals surface area contributed by atoms with Crippen molar-refractivity contribution in [3.05, 3.63) is 17.4 Å². The molecule has 0 radical (unpaired) electrons. The lowest BCUT2D eigenvalue weighted by Gasteiger charge is -2.38. The van der Waals surface area contributed by atoms with E-state index in [2.05, 4.69) is 5.10 Å². The first-order valence-corrected chi connectivity index (χ1v) is 5.15. The first kappa shape index (κ1) is 9.80. The summed E-state index contributed by atoms with van der Waals surface area (Å²) in [7, 11) is 0. The molecule has 1 saturated heterocycles. The van der Waals surface area contributed by atoms with E-state index in [-0.39, 0.29) is 17.8 Å². The fourth-order valence-electron chi connectivity index (χ4n) is 1.43. The van der Waals surface area contributed by atoms with E-state index < -0.39 is 0 Å². The third kappa shape index (κ3) is 1.72. The van der Waals surface area contributed by atoms with Crippen molar-refractivity contribution < 1.29 is 4.79 Å². The molecule has 0 saturated carbocycles. The van der Waals surface area contributed by atoms with Gasteiger partial charge in [-0.3, -0.25) is 9.48 Å². The highest BCUT2D eigenvalue weighted by Crippen LogP contribution is 2.21. The van der Waals surface area contributed by atoms with E-state index in [9.17, 15) is 4.79 Å². The monoisotopic (exact) mass is 233 g/mol. The zero-order valence-corrected chi connectivity index (χ0v) is 8.87. The zero-order chi connectivity index (χ0) is 10.1. The number of carbonyl (C=O) groups is 1. The average molecular weight is 234 g/mol. The molecule has 0 unspecified atom stereocenters. The highest BCUT2D eigenvalue weighted by atomic mass is 35.5. The Labute approximate surface area is 91.4 Å². The Morgan fingerprint density at radius 3 is 2.86 bits per heavy atom. The van der Waals surface area contributed by atoms with Crippen molar-refractivity contribution in [3.63, 3.8) is 0 Å². The van der Waals surface area contributed by atoms with E-state index in [1.54, 1.807) is 22.0 Å². The van der Waals surface area contributed by atoms with Crippen LogP contribution in [0.25, 0.3) is 0 Å². The van der Waals surface area contributed by atoms with Crippen molar-refractivity contribution in [1.29, 1.82) is 0 Å². The van der Waals surface area contributed by atoms with Gasteiger partial charge >= 0.3 is 0 Å². The van der Waals surface area contributed by atoms with Crippen LogP contribution < -0.4 is 0 Å². The molecular weight excluding hydrogens is 225 g/mol. The topological polar surface area (TPSA) is 38.1 Å². The van der Waals surface area contributed by atoms with Crippen molar-refractivity contribution in [3.8, 4) is 0 Å². The van der Waals surface area contributed by atoms with Crippen molar-refractivity contribution in [1.82, 2.24) is 14.7 Å². The SMILES string of the molecule is O=C(CCl)N1CC(n2cc(Cl)cn2)C1. The minimum atomic E-state index is -0.0267. The Morgan fingerprint density at radius 1 is 1.64 bits per heavy atom. The number of nitrogens with zero attached hydrogens (tertiary/aromatic N) is 3.